The number of hydrogen-bond acceptors (Lipinski definition) is 5. The van der Waals surface area contributed by atoms with Gasteiger partial charge in [-0.05, 0) is 25.0 Å². The summed E-state index contributed by atoms with van der Waals surface area (Å²) >= 11 is 3.32. The molecule has 1 fully saturated rings. The summed E-state index contributed by atoms with van der Waals surface area (Å²) in [6.07, 6.45) is 5.40. The van der Waals surface area contributed by atoms with E-state index in [0.717, 1.165) is 35.7 Å². The third kappa shape index (κ3) is 2.86. The number of likely N-dealkylation sites (tertiary alicyclic amines) is 1. The van der Waals surface area contributed by atoms with Crippen LogP contribution < -0.4 is 10.5 Å². The third-order valence-electron chi connectivity index (χ3n) is 5.11. The molecular formula is C19H19N4OS2+. The standard InChI is InChI=1S/C19H18N4OS2/c24-17-11-13(20-19-23(17)9-10-25-19)12-22-8-4-3-6-15(22)18-21-14-5-1-2-7-16(14)26-18/h1-2,5,7,9-11,15H,3-4,6,8,12H2/p+1/t15-/m1/s1. The highest BCUT2D eigenvalue weighted by Gasteiger charge is 2.31. The molecule has 1 aromatic carbocycles. The number of thiazole rings is 2. The number of piperidine rings is 1. The average molecular weight is 384 g/mol. The first kappa shape index (κ1) is 16.1. The molecule has 5 nitrogen and oxygen atoms in total. The topological polar surface area (TPSA) is 51.7 Å². The van der Waals surface area contributed by atoms with Gasteiger partial charge in [-0.15, -0.1) is 22.7 Å². The van der Waals surface area contributed by atoms with Crippen LogP contribution in [0.2, 0.25) is 0 Å². The molecule has 26 heavy (non-hydrogen) atoms. The van der Waals surface area contributed by atoms with Crippen molar-refractivity contribution in [2.45, 2.75) is 31.8 Å². The van der Waals surface area contributed by atoms with Gasteiger partial charge in [-0.25, -0.2) is 9.97 Å². The van der Waals surface area contributed by atoms with Gasteiger partial charge in [-0.1, -0.05) is 12.1 Å². The molecule has 1 aliphatic rings. The van der Waals surface area contributed by atoms with Crippen LogP contribution in [0.25, 0.3) is 15.2 Å². The molecule has 0 radical (unpaired) electrons. The number of quaternary nitrogens is 1. The second kappa shape index (κ2) is 6.57. The van der Waals surface area contributed by atoms with E-state index in [2.05, 4.69) is 18.2 Å². The molecule has 132 valence electrons. The molecule has 7 heteroatoms. The van der Waals surface area contributed by atoms with Crippen LogP contribution in [0.5, 0.6) is 0 Å². The minimum atomic E-state index is 0.0131. The third-order valence-corrected chi connectivity index (χ3v) is 7.01. The smallest absolute Gasteiger partial charge is 0.258 e. The Bertz CT molecular complexity index is 1100. The molecule has 1 unspecified atom stereocenters. The Morgan fingerprint density at radius 1 is 1.23 bits per heavy atom. The summed E-state index contributed by atoms with van der Waals surface area (Å²) in [4.78, 5) is 24.1. The molecule has 0 saturated carbocycles. The van der Waals surface area contributed by atoms with Gasteiger partial charge in [0.2, 0.25) is 0 Å². The first-order valence-electron chi connectivity index (χ1n) is 8.94. The Labute approximate surface area is 158 Å². The second-order valence-corrected chi connectivity index (χ2v) is 8.73. The highest BCUT2D eigenvalue weighted by atomic mass is 32.1. The van der Waals surface area contributed by atoms with Crippen LogP contribution in [-0.2, 0) is 6.54 Å². The fourth-order valence-corrected chi connectivity index (χ4v) is 5.74. The first-order valence-corrected chi connectivity index (χ1v) is 10.6. The van der Waals surface area contributed by atoms with Gasteiger partial charge >= 0.3 is 0 Å². The minimum absolute atomic E-state index is 0.0131. The summed E-state index contributed by atoms with van der Waals surface area (Å²) in [5, 5.41) is 3.13. The van der Waals surface area contributed by atoms with Gasteiger partial charge in [-0.2, -0.15) is 0 Å². The van der Waals surface area contributed by atoms with Gasteiger partial charge in [0.15, 0.2) is 9.97 Å². The molecule has 4 heterocycles. The monoisotopic (exact) mass is 383 g/mol. The molecule has 0 spiro atoms. The van der Waals surface area contributed by atoms with E-state index in [1.807, 2.05) is 22.8 Å². The number of nitrogens with one attached hydrogen (secondary N) is 1. The second-order valence-electron chi connectivity index (χ2n) is 6.79. The van der Waals surface area contributed by atoms with Crippen molar-refractivity contribution in [1.82, 2.24) is 14.4 Å². The molecular weight excluding hydrogens is 364 g/mol. The summed E-state index contributed by atoms with van der Waals surface area (Å²) in [6, 6.07) is 10.4. The summed E-state index contributed by atoms with van der Waals surface area (Å²) < 4.78 is 2.87. The Hall–Kier alpha value is -2.09. The largest absolute Gasteiger partial charge is 0.322 e. The number of para-hydroxylation sites is 1. The normalized spacial score (nSPS) is 20.8. The Morgan fingerprint density at radius 2 is 2.15 bits per heavy atom. The zero-order valence-electron chi connectivity index (χ0n) is 14.2. The first-order chi connectivity index (χ1) is 12.8. The molecule has 0 aliphatic carbocycles. The maximum atomic E-state index is 12.3. The van der Waals surface area contributed by atoms with E-state index in [9.17, 15) is 4.79 Å². The van der Waals surface area contributed by atoms with Crippen LogP contribution in [0, 0.1) is 0 Å². The highest BCUT2D eigenvalue weighted by Crippen LogP contribution is 2.28. The van der Waals surface area contributed by atoms with E-state index in [1.54, 1.807) is 16.7 Å². The summed E-state index contributed by atoms with van der Waals surface area (Å²) in [7, 11) is 0. The van der Waals surface area contributed by atoms with Crippen molar-refractivity contribution < 1.29 is 4.90 Å². The molecule has 5 rings (SSSR count). The van der Waals surface area contributed by atoms with Crippen molar-refractivity contribution in [1.29, 1.82) is 0 Å². The van der Waals surface area contributed by atoms with Gasteiger partial charge in [-0.3, -0.25) is 9.20 Å². The van der Waals surface area contributed by atoms with Crippen LogP contribution >= 0.6 is 22.7 Å². The van der Waals surface area contributed by atoms with Crippen LogP contribution in [0.4, 0.5) is 0 Å². The van der Waals surface area contributed by atoms with Gasteiger partial charge in [0.1, 0.15) is 18.3 Å². The summed E-state index contributed by atoms with van der Waals surface area (Å²) in [5.41, 5.74) is 1.99. The SMILES string of the molecule is O=c1cc(C[NH+]2CCCC[C@@H]2c2nc3ccccc3s2)nc2sccn12. The quantitative estimate of drug-likeness (QED) is 0.592. The van der Waals surface area contributed by atoms with E-state index < -0.39 is 0 Å². The maximum Gasteiger partial charge on any atom is 0.258 e. The molecule has 4 aromatic rings. The Balaban J connectivity index is 1.48. The van der Waals surface area contributed by atoms with Crippen molar-refractivity contribution in [2.75, 3.05) is 6.54 Å². The van der Waals surface area contributed by atoms with Gasteiger partial charge < -0.3 is 4.90 Å². The van der Waals surface area contributed by atoms with Crippen molar-refractivity contribution >= 4 is 37.9 Å². The number of rotatable bonds is 3. The molecule has 1 aliphatic heterocycles. The number of nitrogens with zero attached hydrogens (tertiary/aromatic N) is 3. The fraction of sp³-hybridized carbons (Fsp3) is 0.316. The van der Waals surface area contributed by atoms with E-state index in [1.165, 1.54) is 38.8 Å². The van der Waals surface area contributed by atoms with E-state index in [-0.39, 0.29) is 5.56 Å². The van der Waals surface area contributed by atoms with Gasteiger partial charge in [0, 0.05) is 24.1 Å². The lowest BCUT2D eigenvalue weighted by molar-refractivity contribution is -0.950. The van der Waals surface area contributed by atoms with Gasteiger partial charge in [0.25, 0.3) is 5.56 Å². The van der Waals surface area contributed by atoms with Gasteiger partial charge in [0.05, 0.1) is 16.8 Å². The predicted octanol–water partition coefficient (Wildman–Crippen LogP) is 2.68. The summed E-state index contributed by atoms with van der Waals surface area (Å²) in [6.45, 7) is 1.89. The molecule has 1 saturated heterocycles. The van der Waals surface area contributed by atoms with Crippen LogP contribution in [-0.4, -0.2) is 20.9 Å². The highest BCUT2D eigenvalue weighted by molar-refractivity contribution is 7.18. The van der Waals surface area contributed by atoms with Crippen molar-refractivity contribution in [2.24, 2.45) is 0 Å². The lowest BCUT2D eigenvalue weighted by atomic mass is 10.0. The fourth-order valence-electron chi connectivity index (χ4n) is 3.84. The zero-order valence-corrected chi connectivity index (χ0v) is 15.9. The lowest BCUT2D eigenvalue weighted by Crippen LogP contribution is -3.11. The Morgan fingerprint density at radius 3 is 3.08 bits per heavy atom. The van der Waals surface area contributed by atoms with E-state index >= 15 is 0 Å². The molecule has 0 amide bonds. The lowest BCUT2D eigenvalue weighted by Gasteiger charge is -2.31. The number of aromatic nitrogens is 3. The zero-order chi connectivity index (χ0) is 17.5. The van der Waals surface area contributed by atoms with E-state index in [4.69, 9.17) is 9.97 Å². The molecule has 0 bridgehead atoms. The van der Waals surface area contributed by atoms with Crippen molar-refractivity contribution in [3.63, 3.8) is 0 Å². The number of fused-ring (bicyclic) bond motifs is 2. The van der Waals surface area contributed by atoms with E-state index in [0.29, 0.717) is 6.04 Å². The average Bonchev–Trinajstić information content (AvgIpc) is 3.29. The number of hydrogen-bond donors (Lipinski definition) is 1. The van der Waals surface area contributed by atoms with Crippen LogP contribution in [0.15, 0.2) is 46.7 Å². The minimum Gasteiger partial charge on any atom is -0.322 e. The maximum absolute atomic E-state index is 12.3. The Kier molecular flexibility index (Phi) is 4.07. The predicted molar refractivity (Wildman–Crippen MR) is 105 cm³/mol. The van der Waals surface area contributed by atoms with Crippen LogP contribution in [0.1, 0.15) is 36.0 Å². The molecule has 3 aromatic heterocycles. The summed E-state index contributed by atoms with van der Waals surface area (Å²) in [5.74, 6) is 0. The molecule has 2 atom stereocenters. The van der Waals surface area contributed by atoms with Crippen molar-refractivity contribution in [3.8, 4) is 0 Å². The van der Waals surface area contributed by atoms with Crippen LogP contribution in [0.3, 0.4) is 0 Å². The van der Waals surface area contributed by atoms with Crippen molar-refractivity contribution in [3.05, 3.63) is 63.0 Å². The number of benzene rings is 1. The molecule has 1 N–H and O–H groups in total.